The summed E-state index contributed by atoms with van der Waals surface area (Å²) in [5.41, 5.74) is 0.725. The van der Waals surface area contributed by atoms with Crippen LogP contribution in [0.5, 0.6) is 11.5 Å². The van der Waals surface area contributed by atoms with Crippen LogP contribution >= 0.6 is 0 Å². The van der Waals surface area contributed by atoms with Crippen LogP contribution < -0.4 is 9.47 Å². The molecule has 1 saturated heterocycles. The molecule has 1 unspecified atom stereocenters. The second kappa shape index (κ2) is 6.75. The molecule has 1 fully saturated rings. The van der Waals surface area contributed by atoms with Crippen LogP contribution in [0, 0.1) is 0 Å². The summed E-state index contributed by atoms with van der Waals surface area (Å²) in [5.74, 6) is 1.24. The number of nitrogens with zero attached hydrogens (tertiary/aromatic N) is 1. The number of morpholine rings is 1. The third-order valence-corrected chi connectivity index (χ3v) is 3.21. The van der Waals surface area contributed by atoms with E-state index >= 15 is 0 Å². The molecule has 1 aliphatic rings. The molecular formula is C14H21NO4. The lowest BCUT2D eigenvalue weighted by molar-refractivity contribution is -0.0408. The Morgan fingerprint density at radius 2 is 2.32 bits per heavy atom. The van der Waals surface area contributed by atoms with E-state index in [1.807, 2.05) is 18.2 Å². The molecule has 106 valence electrons. The Balaban J connectivity index is 2.01. The van der Waals surface area contributed by atoms with Crippen LogP contribution in [0.4, 0.5) is 0 Å². The number of para-hydroxylation sites is 1. The van der Waals surface area contributed by atoms with E-state index < -0.39 is 0 Å². The van der Waals surface area contributed by atoms with Crippen molar-refractivity contribution in [1.29, 1.82) is 0 Å². The Morgan fingerprint density at radius 3 is 3.00 bits per heavy atom. The van der Waals surface area contributed by atoms with Gasteiger partial charge in [0.05, 0.1) is 20.3 Å². The van der Waals surface area contributed by atoms with E-state index in [9.17, 15) is 5.11 Å². The average molecular weight is 267 g/mol. The van der Waals surface area contributed by atoms with E-state index in [1.165, 1.54) is 0 Å². The van der Waals surface area contributed by atoms with Gasteiger partial charge in [-0.05, 0) is 13.1 Å². The summed E-state index contributed by atoms with van der Waals surface area (Å²) in [5, 5.41) is 9.34. The van der Waals surface area contributed by atoms with Crippen LogP contribution in [-0.2, 0) is 11.3 Å². The number of aliphatic hydroxyl groups excluding tert-OH is 1. The number of ether oxygens (including phenoxy) is 3. The van der Waals surface area contributed by atoms with Crippen LogP contribution in [0.3, 0.4) is 0 Å². The Bertz CT molecular complexity index is 388. The smallest absolute Gasteiger partial charge is 0.166 e. The molecular weight excluding hydrogens is 246 g/mol. The molecule has 1 aliphatic heterocycles. The first-order chi connectivity index (χ1) is 9.24. The topological polar surface area (TPSA) is 51.2 Å². The van der Waals surface area contributed by atoms with Crippen LogP contribution in [0.15, 0.2) is 18.2 Å². The van der Waals surface area contributed by atoms with E-state index in [1.54, 1.807) is 7.11 Å². The molecule has 0 amide bonds. The van der Waals surface area contributed by atoms with E-state index in [4.69, 9.17) is 14.2 Å². The summed E-state index contributed by atoms with van der Waals surface area (Å²) in [6.07, 6.45) is 0.0511. The molecule has 0 aliphatic carbocycles. The molecule has 1 aromatic carbocycles. The summed E-state index contributed by atoms with van der Waals surface area (Å²) in [6, 6.07) is 5.48. The normalized spacial score (nSPS) is 20.3. The maximum atomic E-state index is 9.34. The summed E-state index contributed by atoms with van der Waals surface area (Å²) >= 11 is 0. The molecule has 1 aromatic rings. The number of hydrogen-bond acceptors (Lipinski definition) is 5. The highest BCUT2D eigenvalue weighted by molar-refractivity contribution is 5.46. The molecule has 1 atom stereocenters. The van der Waals surface area contributed by atoms with Gasteiger partial charge in [0, 0.05) is 18.7 Å². The molecule has 0 spiro atoms. The van der Waals surface area contributed by atoms with Crippen molar-refractivity contribution in [1.82, 2.24) is 4.90 Å². The molecule has 1 heterocycles. The van der Waals surface area contributed by atoms with E-state index in [0.29, 0.717) is 18.1 Å². The lowest BCUT2D eigenvalue weighted by Gasteiger charge is -2.30. The minimum atomic E-state index is -0.0715. The summed E-state index contributed by atoms with van der Waals surface area (Å²) in [4.78, 5) is 2.21. The van der Waals surface area contributed by atoms with Gasteiger partial charge in [0.15, 0.2) is 11.5 Å². The molecule has 0 aromatic heterocycles. The molecule has 0 bridgehead atoms. The SMILES string of the molecule is COc1cccc(CO)c1OCC1CN(C)CCO1. The van der Waals surface area contributed by atoms with E-state index in [0.717, 1.165) is 25.3 Å². The van der Waals surface area contributed by atoms with Crippen LogP contribution in [0.1, 0.15) is 5.56 Å². The molecule has 5 nitrogen and oxygen atoms in total. The number of benzene rings is 1. The third-order valence-electron chi connectivity index (χ3n) is 3.21. The molecule has 1 N–H and O–H groups in total. The van der Waals surface area contributed by atoms with Gasteiger partial charge in [0.1, 0.15) is 12.7 Å². The summed E-state index contributed by atoms with van der Waals surface area (Å²) in [6.45, 7) is 2.91. The first kappa shape index (κ1) is 14.1. The van der Waals surface area contributed by atoms with Crippen molar-refractivity contribution in [2.45, 2.75) is 12.7 Å². The van der Waals surface area contributed by atoms with Crippen LogP contribution in [0.25, 0.3) is 0 Å². The third kappa shape index (κ3) is 3.59. The second-order valence-corrected chi connectivity index (χ2v) is 4.67. The van der Waals surface area contributed by atoms with E-state index in [-0.39, 0.29) is 12.7 Å². The fourth-order valence-corrected chi connectivity index (χ4v) is 2.15. The monoisotopic (exact) mass is 267 g/mol. The fourth-order valence-electron chi connectivity index (χ4n) is 2.15. The van der Waals surface area contributed by atoms with Gasteiger partial charge in [-0.1, -0.05) is 12.1 Å². The highest BCUT2D eigenvalue weighted by Crippen LogP contribution is 2.31. The minimum Gasteiger partial charge on any atom is -0.493 e. The maximum absolute atomic E-state index is 9.34. The van der Waals surface area contributed by atoms with Gasteiger partial charge >= 0.3 is 0 Å². The highest BCUT2D eigenvalue weighted by atomic mass is 16.5. The lowest BCUT2D eigenvalue weighted by atomic mass is 10.2. The Morgan fingerprint density at radius 1 is 1.47 bits per heavy atom. The Labute approximate surface area is 113 Å². The fraction of sp³-hybridized carbons (Fsp3) is 0.571. The first-order valence-electron chi connectivity index (χ1n) is 6.44. The first-order valence-corrected chi connectivity index (χ1v) is 6.44. The van der Waals surface area contributed by atoms with Crippen molar-refractivity contribution in [2.75, 3.05) is 40.5 Å². The zero-order chi connectivity index (χ0) is 13.7. The predicted octanol–water partition coefficient (Wildman–Crippen LogP) is 0.897. The largest absolute Gasteiger partial charge is 0.493 e. The van der Waals surface area contributed by atoms with Gasteiger partial charge in [0.25, 0.3) is 0 Å². The minimum absolute atomic E-state index is 0.0511. The van der Waals surface area contributed by atoms with Crippen molar-refractivity contribution < 1.29 is 19.3 Å². The molecule has 5 heteroatoms. The second-order valence-electron chi connectivity index (χ2n) is 4.67. The van der Waals surface area contributed by atoms with Crippen LogP contribution in [-0.4, -0.2) is 56.6 Å². The number of rotatable bonds is 5. The molecule has 0 saturated carbocycles. The standard InChI is InChI=1S/C14H21NO4/c1-15-6-7-18-12(8-15)10-19-14-11(9-16)4-3-5-13(14)17-2/h3-5,12,16H,6-10H2,1-2H3. The van der Waals surface area contributed by atoms with E-state index in [2.05, 4.69) is 11.9 Å². The van der Waals surface area contributed by atoms with Gasteiger partial charge < -0.3 is 24.2 Å². The van der Waals surface area contributed by atoms with Crippen molar-refractivity contribution in [2.24, 2.45) is 0 Å². The number of hydrogen-bond donors (Lipinski definition) is 1. The maximum Gasteiger partial charge on any atom is 0.166 e. The van der Waals surface area contributed by atoms with Crippen LogP contribution in [0.2, 0.25) is 0 Å². The summed E-state index contributed by atoms with van der Waals surface area (Å²) < 4.78 is 16.7. The zero-order valence-corrected chi connectivity index (χ0v) is 11.5. The molecule has 0 radical (unpaired) electrons. The van der Waals surface area contributed by atoms with Crippen molar-refractivity contribution in [3.8, 4) is 11.5 Å². The molecule has 2 rings (SSSR count). The van der Waals surface area contributed by atoms with Gasteiger partial charge in [-0.2, -0.15) is 0 Å². The number of likely N-dealkylation sites (N-methyl/N-ethyl adjacent to an activating group) is 1. The Kier molecular flexibility index (Phi) is 5.01. The van der Waals surface area contributed by atoms with Gasteiger partial charge in [-0.15, -0.1) is 0 Å². The van der Waals surface area contributed by atoms with Crippen molar-refractivity contribution in [3.63, 3.8) is 0 Å². The van der Waals surface area contributed by atoms with Gasteiger partial charge in [-0.25, -0.2) is 0 Å². The van der Waals surface area contributed by atoms with Crippen molar-refractivity contribution >= 4 is 0 Å². The average Bonchev–Trinajstić information content (AvgIpc) is 2.44. The lowest BCUT2D eigenvalue weighted by Crippen LogP contribution is -2.42. The number of methoxy groups -OCH3 is 1. The van der Waals surface area contributed by atoms with Gasteiger partial charge in [-0.3, -0.25) is 0 Å². The Hall–Kier alpha value is -1.30. The summed E-state index contributed by atoms with van der Waals surface area (Å²) in [7, 11) is 3.66. The quantitative estimate of drug-likeness (QED) is 0.859. The predicted molar refractivity (Wildman–Crippen MR) is 71.6 cm³/mol. The van der Waals surface area contributed by atoms with Gasteiger partial charge in [0.2, 0.25) is 0 Å². The zero-order valence-electron chi connectivity index (χ0n) is 11.5. The highest BCUT2D eigenvalue weighted by Gasteiger charge is 2.19. The van der Waals surface area contributed by atoms with Crippen molar-refractivity contribution in [3.05, 3.63) is 23.8 Å². The molecule has 19 heavy (non-hydrogen) atoms. The number of aliphatic hydroxyl groups is 1.